The zero-order chi connectivity index (χ0) is 13.0. The Morgan fingerprint density at radius 1 is 1.11 bits per heavy atom. The van der Waals surface area contributed by atoms with Crippen LogP contribution in [-0.2, 0) is 15.6 Å². The van der Waals surface area contributed by atoms with E-state index in [1.165, 1.54) is 12.0 Å². The molecule has 0 bridgehead atoms. The maximum atomic E-state index is 5.83. The molecular weight excluding hydrogens is 240 g/mol. The van der Waals surface area contributed by atoms with E-state index in [-0.39, 0.29) is 0 Å². The first-order valence-electron chi connectivity index (χ1n) is 6.84. The van der Waals surface area contributed by atoms with Gasteiger partial charge >= 0.3 is 0 Å². The summed E-state index contributed by atoms with van der Waals surface area (Å²) < 4.78 is 11.6. The second-order valence-electron chi connectivity index (χ2n) is 6.06. The maximum absolute atomic E-state index is 5.83. The molecule has 0 aliphatic heterocycles. The number of hydrogen-bond donors (Lipinski definition) is 0. The van der Waals surface area contributed by atoms with Crippen LogP contribution in [0.4, 0.5) is 0 Å². The second kappa shape index (κ2) is 6.00. The summed E-state index contributed by atoms with van der Waals surface area (Å²) in [5, 5.41) is 0. The average molecular weight is 264 g/mol. The van der Waals surface area contributed by atoms with Crippen molar-refractivity contribution in [2.45, 2.75) is 38.6 Å². The molecule has 2 rings (SSSR count). The highest BCUT2D eigenvalue weighted by Gasteiger charge is 2.37. The minimum atomic E-state index is -1.37. The highest BCUT2D eigenvalue weighted by molar-refractivity contribution is 6.69. The van der Waals surface area contributed by atoms with E-state index in [4.69, 9.17) is 9.16 Å². The molecule has 0 radical (unpaired) electrons. The van der Waals surface area contributed by atoms with Crippen LogP contribution >= 0.6 is 0 Å². The molecule has 18 heavy (non-hydrogen) atoms. The van der Waals surface area contributed by atoms with E-state index < -0.39 is 8.32 Å². The highest BCUT2D eigenvalue weighted by Crippen LogP contribution is 2.36. The summed E-state index contributed by atoms with van der Waals surface area (Å²) in [5.74, 6) is 0.722. The molecule has 0 unspecified atom stereocenters. The normalized spacial score (nSPS) is 23.1. The maximum Gasteiger partial charge on any atom is 0.183 e. The molecule has 2 atom stereocenters. The van der Waals surface area contributed by atoms with Gasteiger partial charge in [0.15, 0.2) is 8.32 Å². The van der Waals surface area contributed by atoms with Crippen LogP contribution in [0, 0.1) is 5.92 Å². The molecule has 1 aromatic carbocycles. The highest BCUT2D eigenvalue weighted by atomic mass is 28.4. The van der Waals surface area contributed by atoms with Crippen molar-refractivity contribution in [1.82, 2.24) is 0 Å². The van der Waals surface area contributed by atoms with Gasteiger partial charge in [0, 0.05) is 0 Å². The predicted molar refractivity (Wildman–Crippen MR) is 77.3 cm³/mol. The summed E-state index contributed by atoms with van der Waals surface area (Å²) in [7, 11) is -1.37. The van der Waals surface area contributed by atoms with Gasteiger partial charge in [0.25, 0.3) is 0 Å². The molecule has 1 fully saturated rings. The molecule has 100 valence electrons. The van der Waals surface area contributed by atoms with Gasteiger partial charge in [-0.05, 0) is 44.0 Å². The number of rotatable bonds is 7. The van der Waals surface area contributed by atoms with E-state index >= 15 is 0 Å². The molecule has 0 amide bonds. The van der Waals surface area contributed by atoms with Crippen LogP contribution in [0.2, 0.25) is 19.6 Å². The minimum absolute atomic E-state index is 0.468. The summed E-state index contributed by atoms with van der Waals surface area (Å²) in [5.41, 5.74) is 1.42. The lowest BCUT2D eigenvalue weighted by Crippen LogP contribution is -2.27. The Kier molecular flexibility index (Phi) is 4.59. The van der Waals surface area contributed by atoms with E-state index in [1.807, 2.05) is 0 Å². The summed E-state index contributed by atoms with van der Waals surface area (Å²) in [6.45, 7) is 8.14. The lowest BCUT2D eigenvalue weighted by Gasteiger charge is -2.16. The smallest absolute Gasteiger partial charge is 0.183 e. The van der Waals surface area contributed by atoms with Crippen molar-refractivity contribution in [2.24, 2.45) is 5.92 Å². The topological polar surface area (TPSA) is 18.5 Å². The van der Waals surface area contributed by atoms with Crippen LogP contribution in [0.5, 0.6) is 0 Å². The van der Waals surface area contributed by atoms with Crippen LogP contribution in [0.1, 0.15) is 12.0 Å². The Hall–Kier alpha value is -0.643. The van der Waals surface area contributed by atoms with Gasteiger partial charge in [-0.2, -0.15) is 0 Å². The number of hydrogen-bond acceptors (Lipinski definition) is 2. The molecule has 0 spiro atoms. The Morgan fingerprint density at radius 2 is 1.83 bits per heavy atom. The molecule has 2 nitrogen and oxygen atoms in total. The Morgan fingerprint density at radius 3 is 2.50 bits per heavy atom. The third-order valence-corrected chi connectivity index (χ3v) is 4.22. The number of benzene rings is 1. The van der Waals surface area contributed by atoms with E-state index in [0.717, 1.165) is 25.6 Å². The van der Waals surface area contributed by atoms with Crippen molar-refractivity contribution >= 4 is 8.32 Å². The van der Waals surface area contributed by atoms with Crippen LogP contribution in [0.25, 0.3) is 0 Å². The average Bonchev–Trinajstić information content (AvgIpc) is 3.03. The van der Waals surface area contributed by atoms with Crippen molar-refractivity contribution < 1.29 is 9.16 Å². The van der Waals surface area contributed by atoms with E-state index in [1.54, 1.807) is 0 Å². The van der Waals surface area contributed by atoms with Crippen molar-refractivity contribution in [1.29, 1.82) is 0 Å². The quantitative estimate of drug-likeness (QED) is 0.554. The molecule has 0 heterocycles. The van der Waals surface area contributed by atoms with E-state index in [2.05, 4.69) is 50.0 Å². The third-order valence-electron chi connectivity index (χ3n) is 3.15. The monoisotopic (exact) mass is 264 g/mol. The van der Waals surface area contributed by atoms with Gasteiger partial charge in [-0.25, -0.2) is 0 Å². The lowest BCUT2D eigenvalue weighted by molar-refractivity contribution is 0.0778. The summed E-state index contributed by atoms with van der Waals surface area (Å²) in [6, 6.07) is 10.7. The Bertz CT molecular complexity index is 359. The van der Waals surface area contributed by atoms with E-state index in [0.29, 0.717) is 6.10 Å². The summed E-state index contributed by atoms with van der Waals surface area (Å²) >= 11 is 0. The van der Waals surface area contributed by atoms with Gasteiger partial charge in [0.1, 0.15) is 0 Å². The Labute approximate surface area is 111 Å². The summed E-state index contributed by atoms with van der Waals surface area (Å²) in [6.07, 6.45) is 2.83. The molecule has 3 heteroatoms. The van der Waals surface area contributed by atoms with Gasteiger partial charge in [-0.3, -0.25) is 0 Å². The van der Waals surface area contributed by atoms with Crippen LogP contribution in [0.3, 0.4) is 0 Å². The van der Waals surface area contributed by atoms with Crippen molar-refractivity contribution in [3.05, 3.63) is 35.9 Å². The molecule has 0 saturated heterocycles. The molecule has 0 N–H and O–H groups in total. The third kappa shape index (κ3) is 4.92. The molecule has 0 aromatic heterocycles. The fourth-order valence-electron chi connectivity index (χ4n) is 2.10. The van der Waals surface area contributed by atoms with Gasteiger partial charge in [0.2, 0.25) is 0 Å². The lowest BCUT2D eigenvalue weighted by atomic mass is 10.1. The van der Waals surface area contributed by atoms with Gasteiger partial charge in [-0.1, -0.05) is 30.3 Å². The first-order valence-corrected chi connectivity index (χ1v) is 10.2. The van der Waals surface area contributed by atoms with Gasteiger partial charge < -0.3 is 9.16 Å². The standard InChI is InChI=1S/C15H24O2Si/c1-18(2,3)17-10-9-16-15-12-14(15)11-13-7-5-4-6-8-13/h4-8,14-15H,9-12H2,1-3H3/t14-,15+/m0/s1. The van der Waals surface area contributed by atoms with Crippen LogP contribution < -0.4 is 0 Å². The fourth-order valence-corrected chi connectivity index (χ4v) is 2.80. The van der Waals surface area contributed by atoms with Crippen LogP contribution in [0.15, 0.2) is 30.3 Å². The molecule has 1 aromatic rings. The van der Waals surface area contributed by atoms with Gasteiger partial charge in [0.05, 0.1) is 19.3 Å². The Balaban J connectivity index is 1.58. The first-order chi connectivity index (χ1) is 8.54. The zero-order valence-electron chi connectivity index (χ0n) is 11.7. The SMILES string of the molecule is C[Si](C)(C)OCCO[C@@H]1C[C@@H]1Cc1ccccc1. The molecular formula is C15H24O2Si. The van der Waals surface area contributed by atoms with Crippen molar-refractivity contribution in [3.63, 3.8) is 0 Å². The van der Waals surface area contributed by atoms with Gasteiger partial charge in [-0.15, -0.1) is 0 Å². The molecule has 1 aliphatic rings. The minimum Gasteiger partial charge on any atom is -0.415 e. The fraction of sp³-hybridized carbons (Fsp3) is 0.600. The first kappa shape index (κ1) is 13.8. The second-order valence-corrected chi connectivity index (χ2v) is 10.6. The van der Waals surface area contributed by atoms with Crippen LogP contribution in [-0.4, -0.2) is 27.6 Å². The molecule has 1 aliphatic carbocycles. The van der Waals surface area contributed by atoms with Crippen molar-refractivity contribution in [3.8, 4) is 0 Å². The summed E-state index contributed by atoms with van der Waals surface area (Å²) in [4.78, 5) is 0. The van der Waals surface area contributed by atoms with Crippen molar-refractivity contribution in [2.75, 3.05) is 13.2 Å². The molecule has 1 saturated carbocycles. The zero-order valence-corrected chi connectivity index (χ0v) is 12.7. The van der Waals surface area contributed by atoms with E-state index in [9.17, 15) is 0 Å². The predicted octanol–water partition coefficient (Wildman–Crippen LogP) is 3.49. The number of ether oxygens (including phenoxy) is 1. The largest absolute Gasteiger partial charge is 0.415 e.